The second-order valence-corrected chi connectivity index (χ2v) is 11.7. The molecule has 0 radical (unpaired) electrons. The largest absolute Gasteiger partial charge is 0.361 e. The summed E-state index contributed by atoms with van der Waals surface area (Å²) >= 11 is 6.50. The van der Waals surface area contributed by atoms with E-state index in [-0.39, 0.29) is 35.6 Å². The van der Waals surface area contributed by atoms with Gasteiger partial charge in [0.1, 0.15) is 17.2 Å². The molecule has 2 aromatic heterocycles. The molecule has 0 spiro atoms. The van der Waals surface area contributed by atoms with Crippen LogP contribution in [-0.2, 0) is 16.8 Å². The Hall–Kier alpha value is -3.51. The topological polar surface area (TPSA) is 120 Å². The fourth-order valence-corrected chi connectivity index (χ4v) is 5.74. The van der Waals surface area contributed by atoms with Crippen molar-refractivity contribution in [1.82, 2.24) is 35.3 Å². The van der Waals surface area contributed by atoms with Crippen molar-refractivity contribution in [2.24, 2.45) is 0 Å². The highest BCUT2D eigenvalue weighted by molar-refractivity contribution is 6.32. The van der Waals surface area contributed by atoms with Crippen LogP contribution in [0.1, 0.15) is 67.2 Å². The van der Waals surface area contributed by atoms with Crippen molar-refractivity contribution in [3.8, 4) is 0 Å². The third-order valence-electron chi connectivity index (χ3n) is 7.41. The normalized spacial score (nSPS) is 17.9. The van der Waals surface area contributed by atoms with Crippen LogP contribution in [0.3, 0.4) is 0 Å². The number of H-pyrrole nitrogens is 1. The first-order valence-corrected chi connectivity index (χ1v) is 13.6. The van der Waals surface area contributed by atoms with Crippen molar-refractivity contribution in [3.05, 3.63) is 52.6 Å². The summed E-state index contributed by atoms with van der Waals surface area (Å²) in [7, 11) is 0. The molecule has 2 fully saturated rings. The van der Waals surface area contributed by atoms with Gasteiger partial charge in [0.05, 0.1) is 18.1 Å². The molecule has 1 aromatic carbocycles. The summed E-state index contributed by atoms with van der Waals surface area (Å²) in [5.74, 6) is -0.0296. The number of amides is 2. The smallest absolute Gasteiger partial charge is 0.282 e. The van der Waals surface area contributed by atoms with Crippen LogP contribution in [0.4, 0.5) is 14.6 Å². The minimum atomic E-state index is -2.95. The molecule has 3 aromatic rings. The molecule has 0 bridgehead atoms. The lowest BCUT2D eigenvalue weighted by atomic mass is 9.86. The number of likely N-dealkylation sites (tertiary alicyclic amines) is 1. The number of imidazole rings is 1. The molecule has 0 saturated carbocycles. The molecular weight excluding hydrogens is 542 g/mol. The quantitative estimate of drug-likeness (QED) is 0.303. The molecule has 2 aliphatic rings. The highest BCUT2D eigenvalue weighted by Crippen LogP contribution is 2.35. The van der Waals surface area contributed by atoms with Crippen LogP contribution >= 0.6 is 11.6 Å². The van der Waals surface area contributed by atoms with Gasteiger partial charge in [-0.1, -0.05) is 39.0 Å². The summed E-state index contributed by atoms with van der Waals surface area (Å²) in [6.07, 6.45) is -1.08. The van der Waals surface area contributed by atoms with E-state index in [1.807, 2.05) is 12.1 Å². The van der Waals surface area contributed by atoms with E-state index in [4.69, 9.17) is 11.6 Å². The fraction of sp³-hybridized carbons (Fsp3) is 0.481. The molecule has 4 N–H and O–H groups in total. The molecule has 5 rings (SSSR count). The zero-order valence-electron chi connectivity index (χ0n) is 22.7. The van der Waals surface area contributed by atoms with Crippen LogP contribution in [-0.4, -0.2) is 68.7 Å². The van der Waals surface area contributed by atoms with Gasteiger partial charge in [-0.25, -0.2) is 13.8 Å². The van der Waals surface area contributed by atoms with Crippen LogP contribution < -0.4 is 16.0 Å². The average molecular weight is 575 g/mol. The van der Waals surface area contributed by atoms with Gasteiger partial charge in [0.15, 0.2) is 5.82 Å². The number of hydrogen-bond donors (Lipinski definition) is 4. The molecular formula is C27H33ClF2N8O2. The average Bonchev–Trinajstić information content (AvgIpc) is 3.61. The zero-order chi connectivity index (χ0) is 28.8. The van der Waals surface area contributed by atoms with Crippen LogP contribution in [0.5, 0.6) is 0 Å². The van der Waals surface area contributed by atoms with E-state index in [1.165, 1.54) is 11.0 Å². The predicted molar refractivity (Wildman–Crippen MR) is 149 cm³/mol. The molecule has 1 atom stereocenters. The number of aromatic nitrogens is 4. The van der Waals surface area contributed by atoms with E-state index in [0.29, 0.717) is 49.3 Å². The van der Waals surface area contributed by atoms with E-state index in [0.717, 1.165) is 16.5 Å². The van der Waals surface area contributed by atoms with Crippen LogP contribution in [0.2, 0.25) is 5.02 Å². The lowest BCUT2D eigenvalue weighted by Crippen LogP contribution is -2.60. The van der Waals surface area contributed by atoms with Crippen molar-refractivity contribution in [1.29, 1.82) is 0 Å². The number of rotatable bonds is 8. The number of alkyl halides is 2. The van der Waals surface area contributed by atoms with E-state index < -0.39 is 18.0 Å². The molecule has 4 heterocycles. The van der Waals surface area contributed by atoms with Crippen molar-refractivity contribution in [2.45, 2.75) is 57.7 Å². The van der Waals surface area contributed by atoms with Crippen molar-refractivity contribution >= 4 is 40.1 Å². The maximum Gasteiger partial charge on any atom is 0.282 e. The molecule has 214 valence electrons. The lowest BCUT2D eigenvalue weighted by molar-refractivity contribution is -0.130. The molecule has 2 aliphatic heterocycles. The first-order chi connectivity index (χ1) is 19.0. The number of halogens is 3. The standard InChI is InChI=1S/C27H33ClF2N8O2/c1-5-21(39)37-12-14(13-37)33-26(40)23-22(24(29)30)34-20(38(23)15-6-7-31-10-15)11-32-25-16-8-17(27(2,3)4)18(28)9-19(16)35-36-25/h5,8-9,14-15,24,31H,1,6-7,10-13H2,2-4H3,(H,33,40)(H2,32,35,36). The van der Waals surface area contributed by atoms with Gasteiger partial charge in [-0.3, -0.25) is 14.7 Å². The minimum absolute atomic E-state index is 0.0714. The van der Waals surface area contributed by atoms with Gasteiger partial charge >= 0.3 is 0 Å². The molecule has 40 heavy (non-hydrogen) atoms. The Bertz CT molecular complexity index is 1450. The fourth-order valence-electron chi connectivity index (χ4n) is 5.30. The number of aromatic amines is 1. The number of hydrogen-bond acceptors (Lipinski definition) is 6. The molecule has 1 unspecified atom stereocenters. The Kier molecular flexibility index (Phi) is 7.58. The Morgan fingerprint density at radius 2 is 2.05 bits per heavy atom. The Morgan fingerprint density at radius 1 is 1.30 bits per heavy atom. The lowest BCUT2D eigenvalue weighted by Gasteiger charge is -2.39. The predicted octanol–water partition coefficient (Wildman–Crippen LogP) is 3.92. The molecule has 0 aliphatic carbocycles. The molecule has 13 heteroatoms. The van der Waals surface area contributed by atoms with E-state index in [2.05, 4.69) is 58.5 Å². The Morgan fingerprint density at radius 3 is 2.67 bits per heavy atom. The highest BCUT2D eigenvalue weighted by atomic mass is 35.5. The summed E-state index contributed by atoms with van der Waals surface area (Å²) in [5.41, 5.74) is 0.779. The monoisotopic (exact) mass is 574 g/mol. The van der Waals surface area contributed by atoms with Gasteiger partial charge in [0, 0.05) is 36.1 Å². The van der Waals surface area contributed by atoms with Crippen LogP contribution in [0.25, 0.3) is 10.9 Å². The second-order valence-electron chi connectivity index (χ2n) is 11.3. The molecule has 10 nitrogen and oxygen atoms in total. The molecule has 2 amide bonds. The Labute approximate surface area is 235 Å². The summed E-state index contributed by atoms with van der Waals surface area (Å²) in [6.45, 7) is 11.5. The minimum Gasteiger partial charge on any atom is -0.361 e. The van der Waals surface area contributed by atoms with Crippen LogP contribution in [0.15, 0.2) is 24.8 Å². The van der Waals surface area contributed by atoms with E-state index >= 15 is 0 Å². The van der Waals surface area contributed by atoms with Crippen molar-refractivity contribution in [3.63, 3.8) is 0 Å². The number of nitrogens with zero attached hydrogens (tertiary/aromatic N) is 4. The Balaban J connectivity index is 1.44. The van der Waals surface area contributed by atoms with Gasteiger partial charge < -0.3 is 25.4 Å². The number of carbonyl (C=O) groups excluding carboxylic acids is 2. The number of carbonyl (C=O) groups is 2. The number of benzene rings is 1. The number of anilines is 1. The summed E-state index contributed by atoms with van der Waals surface area (Å²) in [5, 5.41) is 18.0. The maximum atomic E-state index is 14.2. The first-order valence-electron chi connectivity index (χ1n) is 13.2. The summed E-state index contributed by atoms with van der Waals surface area (Å²) in [4.78, 5) is 30.9. The summed E-state index contributed by atoms with van der Waals surface area (Å²) in [6, 6.07) is 3.23. The van der Waals surface area contributed by atoms with E-state index in [9.17, 15) is 18.4 Å². The first kappa shape index (κ1) is 28.0. The van der Waals surface area contributed by atoms with Gasteiger partial charge in [-0.2, -0.15) is 5.10 Å². The second kappa shape index (κ2) is 10.8. The highest BCUT2D eigenvalue weighted by Gasteiger charge is 2.36. The molecule has 2 saturated heterocycles. The number of nitrogens with one attached hydrogen (secondary N) is 4. The number of fused-ring (bicyclic) bond motifs is 1. The van der Waals surface area contributed by atoms with Gasteiger partial charge in [-0.05, 0) is 42.2 Å². The van der Waals surface area contributed by atoms with Crippen LogP contribution in [0, 0.1) is 0 Å². The summed E-state index contributed by atoms with van der Waals surface area (Å²) < 4.78 is 30.1. The van der Waals surface area contributed by atoms with Crippen molar-refractivity contribution in [2.75, 3.05) is 31.5 Å². The van der Waals surface area contributed by atoms with Gasteiger partial charge in [0.25, 0.3) is 12.3 Å². The third-order valence-corrected chi connectivity index (χ3v) is 7.72. The third kappa shape index (κ3) is 5.29. The maximum absolute atomic E-state index is 14.2. The van der Waals surface area contributed by atoms with E-state index in [1.54, 1.807) is 4.57 Å². The van der Waals surface area contributed by atoms with Gasteiger partial charge in [-0.15, -0.1) is 0 Å². The van der Waals surface area contributed by atoms with Gasteiger partial charge in [0.2, 0.25) is 5.91 Å². The SMILES string of the molecule is C=CC(=O)N1CC(NC(=O)c2c(C(F)F)nc(CNc3n[nH]c4cc(Cl)c(C(C)(C)C)cc34)n2C2CCNC2)C1. The van der Waals surface area contributed by atoms with Crippen molar-refractivity contribution < 1.29 is 18.4 Å². The zero-order valence-corrected chi connectivity index (χ0v) is 23.4.